The van der Waals surface area contributed by atoms with Crippen molar-refractivity contribution < 1.29 is 13.2 Å². The second-order valence-corrected chi connectivity index (χ2v) is 8.81. The van der Waals surface area contributed by atoms with Gasteiger partial charge in [-0.15, -0.1) is 0 Å². The van der Waals surface area contributed by atoms with Crippen molar-refractivity contribution in [2.45, 2.75) is 24.7 Å². The molecule has 1 aliphatic rings. The fourth-order valence-electron chi connectivity index (χ4n) is 3.63. The monoisotopic (exact) mass is 406 g/mol. The van der Waals surface area contributed by atoms with Crippen molar-refractivity contribution >= 4 is 27.3 Å². The van der Waals surface area contributed by atoms with Gasteiger partial charge in [0.25, 0.3) is 15.9 Å². The number of nitrogens with zero attached hydrogens (tertiary/aromatic N) is 1. The predicted octanol–water partition coefficient (Wildman–Crippen LogP) is 4.25. The van der Waals surface area contributed by atoms with E-state index in [4.69, 9.17) is 0 Å². The van der Waals surface area contributed by atoms with Gasteiger partial charge in [0, 0.05) is 17.8 Å². The van der Waals surface area contributed by atoms with Crippen LogP contribution < -0.4 is 9.62 Å². The van der Waals surface area contributed by atoms with Gasteiger partial charge in [-0.25, -0.2) is 8.42 Å². The third kappa shape index (κ3) is 3.63. The lowest BCUT2D eigenvalue weighted by molar-refractivity contribution is 0.102. The van der Waals surface area contributed by atoms with Gasteiger partial charge in [-0.2, -0.15) is 0 Å². The number of hydrogen-bond donors (Lipinski definition) is 1. The van der Waals surface area contributed by atoms with Gasteiger partial charge in [0.15, 0.2) is 0 Å². The van der Waals surface area contributed by atoms with Crippen LogP contribution in [-0.2, 0) is 22.9 Å². The molecule has 0 saturated heterocycles. The fraction of sp³-hybridized carbons (Fsp3) is 0.174. The highest BCUT2D eigenvalue weighted by molar-refractivity contribution is 7.92. The summed E-state index contributed by atoms with van der Waals surface area (Å²) in [4.78, 5) is 12.9. The fourth-order valence-corrected chi connectivity index (χ4v) is 5.18. The van der Waals surface area contributed by atoms with Crippen LogP contribution in [0.2, 0.25) is 0 Å². The molecule has 148 valence electrons. The number of benzene rings is 3. The van der Waals surface area contributed by atoms with Crippen LogP contribution in [-0.4, -0.2) is 20.9 Å². The zero-order chi connectivity index (χ0) is 20.4. The van der Waals surface area contributed by atoms with E-state index >= 15 is 0 Å². The molecule has 0 radical (unpaired) electrons. The molecular formula is C23H22N2O3S. The number of para-hydroxylation sites is 2. The number of aryl methyl sites for hydroxylation is 1. The van der Waals surface area contributed by atoms with Gasteiger partial charge in [0.1, 0.15) is 0 Å². The van der Waals surface area contributed by atoms with E-state index in [0.717, 1.165) is 23.2 Å². The number of amides is 1. The molecule has 0 bridgehead atoms. The lowest BCUT2D eigenvalue weighted by atomic mass is 10.1. The number of carbonyl (C=O) groups is 1. The first kappa shape index (κ1) is 19.2. The predicted molar refractivity (Wildman–Crippen MR) is 115 cm³/mol. The van der Waals surface area contributed by atoms with Crippen molar-refractivity contribution in [3.8, 4) is 0 Å². The van der Waals surface area contributed by atoms with E-state index in [1.165, 1.54) is 16.4 Å². The third-order valence-corrected chi connectivity index (χ3v) is 6.98. The van der Waals surface area contributed by atoms with Gasteiger partial charge in [-0.1, -0.05) is 49.4 Å². The first-order valence-electron chi connectivity index (χ1n) is 9.60. The Labute approximate surface area is 171 Å². The van der Waals surface area contributed by atoms with Gasteiger partial charge in [0.2, 0.25) is 0 Å². The molecule has 6 heteroatoms. The third-order valence-electron chi connectivity index (χ3n) is 5.18. The zero-order valence-corrected chi connectivity index (χ0v) is 16.9. The smallest absolute Gasteiger partial charge is 0.264 e. The van der Waals surface area contributed by atoms with Crippen LogP contribution in [0.4, 0.5) is 11.4 Å². The Hall–Kier alpha value is -3.12. The number of carbonyl (C=O) groups excluding carboxylic acids is 1. The van der Waals surface area contributed by atoms with Crippen LogP contribution in [0.15, 0.2) is 77.7 Å². The van der Waals surface area contributed by atoms with Crippen molar-refractivity contribution in [1.29, 1.82) is 0 Å². The molecule has 1 aliphatic heterocycles. The lowest BCUT2D eigenvalue weighted by Gasteiger charge is -2.20. The Morgan fingerprint density at radius 2 is 1.76 bits per heavy atom. The molecule has 0 aliphatic carbocycles. The zero-order valence-electron chi connectivity index (χ0n) is 16.1. The highest BCUT2D eigenvalue weighted by Crippen LogP contribution is 2.32. The first-order valence-corrected chi connectivity index (χ1v) is 11.0. The van der Waals surface area contributed by atoms with Crippen molar-refractivity contribution in [2.75, 3.05) is 16.2 Å². The average Bonchev–Trinajstić information content (AvgIpc) is 3.19. The Morgan fingerprint density at radius 3 is 2.59 bits per heavy atom. The number of nitrogens with one attached hydrogen (secondary N) is 1. The summed E-state index contributed by atoms with van der Waals surface area (Å²) in [7, 11) is -3.74. The molecule has 0 spiro atoms. The van der Waals surface area contributed by atoms with Crippen molar-refractivity contribution in [2.24, 2.45) is 0 Å². The number of sulfonamides is 1. The summed E-state index contributed by atoms with van der Waals surface area (Å²) in [5, 5.41) is 2.89. The lowest BCUT2D eigenvalue weighted by Crippen LogP contribution is -2.29. The molecule has 0 atom stereocenters. The molecule has 1 N–H and O–H groups in total. The van der Waals surface area contributed by atoms with Gasteiger partial charge in [-0.05, 0) is 54.3 Å². The van der Waals surface area contributed by atoms with Gasteiger partial charge < -0.3 is 5.32 Å². The number of rotatable bonds is 5. The largest absolute Gasteiger partial charge is 0.322 e. The molecule has 0 unspecified atom stereocenters. The molecule has 0 aromatic heterocycles. The minimum absolute atomic E-state index is 0.116. The maximum atomic E-state index is 13.2. The maximum Gasteiger partial charge on any atom is 0.264 e. The summed E-state index contributed by atoms with van der Waals surface area (Å²) in [5.41, 5.74) is 3.80. The summed E-state index contributed by atoms with van der Waals surface area (Å²) >= 11 is 0. The van der Waals surface area contributed by atoms with E-state index in [1.807, 2.05) is 55.5 Å². The summed E-state index contributed by atoms with van der Waals surface area (Å²) in [5.74, 6) is -0.329. The minimum atomic E-state index is -3.74. The average molecular weight is 407 g/mol. The van der Waals surface area contributed by atoms with E-state index < -0.39 is 10.0 Å². The molecule has 4 rings (SSSR count). The molecule has 3 aromatic carbocycles. The molecule has 3 aromatic rings. The number of anilines is 2. The minimum Gasteiger partial charge on any atom is -0.322 e. The van der Waals surface area contributed by atoms with E-state index in [0.29, 0.717) is 24.2 Å². The van der Waals surface area contributed by atoms with Gasteiger partial charge in [-0.3, -0.25) is 9.10 Å². The topological polar surface area (TPSA) is 66.5 Å². The number of fused-ring (bicyclic) bond motifs is 1. The molecule has 5 nitrogen and oxygen atoms in total. The molecule has 29 heavy (non-hydrogen) atoms. The molecular weight excluding hydrogens is 384 g/mol. The SMILES string of the molecule is CCc1ccccc1NC(=O)c1cccc(S(=O)(=O)N2CCc3ccccc32)c1. The van der Waals surface area contributed by atoms with Crippen LogP contribution >= 0.6 is 0 Å². The van der Waals surface area contributed by atoms with Crippen LogP contribution in [0.3, 0.4) is 0 Å². The Balaban J connectivity index is 1.63. The molecule has 1 amide bonds. The highest BCUT2D eigenvalue weighted by Gasteiger charge is 2.30. The van der Waals surface area contributed by atoms with E-state index in [9.17, 15) is 13.2 Å². The summed E-state index contributed by atoms with van der Waals surface area (Å²) in [6.45, 7) is 2.42. The summed E-state index contributed by atoms with van der Waals surface area (Å²) in [6.07, 6.45) is 1.47. The maximum absolute atomic E-state index is 13.2. The van der Waals surface area contributed by atoms with Crippen LogP contribution in [0, 0.1) is 0 Å². The van der Waals surface area contributed by atoms with Crippen molar-refractivity contribution in [3.05, 3.63) is 89.5 Å². The van der Waals surface area contributed by atoms with Gasteiger partial charge in [0.05, 0.1) is 10.6 Å². The van der Waals surface area contributed by atoms with Crippen LogP contribution in [0.1, 0.15) is 28.4 Å². The van der Waals surface area contributed by atoms with Crippen LogP contribution in [0.25, 0.3) is 0 Å². The summed E-state index contributed by atoms with van der Waals surface area (Å²) in [6, 6.07) is 21.3. The van der Waals surface area contributed by atoms with Gasteiger partial charge >= 0.3 is 0 Å². The second-order valence-electron chi connectivity index (χ2n) is 6.95. The highest BCUT2D eigenvalue weighted by atomic mass is 32.2. The van der Waals surface area contributed by atoms with E-state index in [1.54, 1.807) is 12.1 Å². The Kier molecular flexibility index (Phi) is 5.11. The second kappa shape index (κ2) is 7.72. The normalized spacial score (nSPS) is 13.2. The molecule has 0 fully saturated rings. The quantitative estimate of drug-likeness (QED) is 0.689. The van der Waals surface area contributed by atoms with Crippen molar-refractivity contribution in [3.63, 3.8) is 0 Å². The first-order chi connectivity index (χ1) is 14.0. The molecule has 0 saturated carbocycles. The number of hydrogen-bond acceptors (Lipinski definition) is 3. The van der Waals surface area contributed by atoms with E-state index in [2.05, 4.69) is 5.32 Å². The standard InChI is InChI=1S/C23H22N2O3S/c1-2-17-8-3-5-12-21(17)24-23(26)19-10-7-11-20(16-19)29(27,28)25-15-14-18-9-4-6-13-22(18)25/h3-13,16H,2,14-15H2,1H3,(H,24,26). The molecule has 1 heterocycles. The summed E-state index contributed by atoms with van der Waals surface area (Å²) < 4.78 is 27.9. The van der Waals surface area contributed by atoms with Crippen LogP contribution in [0.5, 0.6) is 0 Å². The Bertz CT molecular complexity index is 1170. The van der Waals surface area contributed by atoms with E-state index in [-0.39, 0.29) is 10.8 Å². The van der Waals surface area contributed by atoms with Crippen molar-refractivity contribution in [1.82, 2.24) is 0 Å². The Morgan fingerprint density at radius 1 is 1.00 bits per heavy atom.